The van der Waals surface area contributed by atoms with Crippen LogP contribution in [-0.4, -0.2) is 10.6 Å². The molecule has 0 fully saturated rings. The Kier molecular flexibility index (Phi) is 5.24. The summed E-state index contributed by atoms with van der Waals surface area (Å²) in [4.78, 5) is 0. The molecule has 1 aromatic heterocycles. The molecule has 0 saturated heterocycles. The summed E-state index contributed by atoms with van der Waals surface area (Å²) in [5.74, 6) is 0.785. The van der Waals surface area contributed by atoms with Gasteiger partial charge in [-0.3, -0.25) is 0 Å². The van der Waals surface area contributed by atoms with E-state index in [1.165, 1.54) is 29.3 Å². The SMILES string of the molecule is CCC(CC)Cn1ccc2cc(CNC(C)C)ccc21. The first kappa shape index (κ1) is 15.1. The predicted molar refractivity (Wildman–Crippen MR) is 88.0 cm³/mol. The highest BCUT2D eigenvalue weighted by Gasteiger charge is 2.07. The quantitative estimate of drug-likeness (QED) is 0.781. The van der Waals surface area contributed by atoms with Gasteiger partial charge in [0, 0.05) is 30.8 Å². The van der Waals surface area contributed by atoms with Gasteiger partial charge in [-0.15, -0.1) is 0 Å². The van der Waals surface area contributed by atoms with E-state index in [-0.39, 0.29) is 0 Å². The van der Waals surface area contributed by atoms with Crippen LogP contribution >= 0.6 is 0 Å². The van der Waals surface area contributed by atoms with Crippen LogP contribution in [0.25, 0.3) is 10.9 Å². The summed E-state index contributed by atoms with van der Waals surface area (Å²) in [6, 6.07) is 9.62. The van der Waals surface area contributed by atoms with E-state index in [9.17, 15) is 0 Å². The van der Waals surface area contributed by atoms with Crippen LogP contribution in [0.2, 0.25) is 0 Å². The zero-order valence-electron chi connectivity index (χ0n) is 13.3. The Balaban J connectivity index is 2.16. The van der Waals surface area contributed by atoms with E-state index in [4.69, 9.17) is 0 Å². The number of nitrogens with zero attached hydrogens (tertiary/aromatic N) is 1. The highest BCUT2D eigenvalue weighted by Crippen LogP contribution is 2.21. The summed E-state index contributed by atoms with van der Waals surface area (Å²) < 4.78 is 2.41. The number of hydrogen-bond acceptors (Lipinski definition) is 1. The Morgan fingerprint density at radius 1 is 1.10 bits per heavy atom. The van der Waals surface area contributed by atoms with Gasteiger partial charge >= 0.3 is 0 Å². The number of fused-ring (bicyclic) bond motifs is 1. The van der Waals surface area contributed by atoms with E-state index in [1.807, 2.05) is 0 Å². The van der Waals surface area contributed by atoms with Crippen LogP contribution < -0.4 is 5.32 Å². The third-order valence-electron chi connectivity index (χ3n) is 4.16. The van der Waals surface area contributed by atoms with Crippen LogP contribution in [-0.2, 0) is 13.1 Å². The van der Waals surface area contributed by atoms with Gasteiger partial charge in [0.05, 0.1) is 0 Å². The normalized spacial score (nSPS) is 11.9. The Hall–Kier alpha value is -1.28. The molecule has 2 nitrogen and oxygen atoms in total. The first-order chi connectivity index (χ1) is 9.63. The molecular formula is C18H28N2. The van der Waals surface area contributed by atoms with Crippen molar-refractivity contribution in [3.63, 3.8) is 0 Å². The van der Waals surface area contributed by atoms with Gasteiger partial charge in [-0.25, -0.2) is 0 Å². The Labute approximate surface area is 123 Å². The topological polar surface area (TPSA) is 17.0 Å². The van der Waals surface area contributed by atoms with Gasteiger partial charge in [-0.1, -0.05) is 46.6 Å². The lowest BCUT2D eigenvalue weighted by atomic mass is 10.0. The molecule has 20 heavy (non-hydrogen) atoms. The van der Waals surface area contributed by atoms with Gasteiger partial charge in [0.2, 0.25) is 0 Å². The summed E-state index contributed by atoms with van der Waals surface area (Å²) in [5.41, 5.74) is 2.73. The largest absolute Gasteiger partial charge is 0.347 e. The van der Waals surface area contributed by atoms with E-state index in [2.05, 4.69) is 68.0 Å². The lowest BCUT2D eigenvalue weighted by Crippen LogP contribution is -2.21. The van der Waals surface area contributed by atoms with Crippen LogP contribution in [0.5, 0.6) is 0 Å². The zero-order valence-corrected chi connectivity index (χ0v) is 13.3. The molecule has 1 heterocycles. The van der Waals surface area contributed by atoms with Crippen molar-refractivity contribution in [3.8, 4) is 0 Å². The second-order valence-electron chi connectivity index (χ2n) is 6.08. The molecule has 0 saturated carbocycles. The average molecular weight is 272 g/mol. The molecule has 0 bridgehead atoms. The van der Waals surface area contributed by atoms with Crippen LogP contribution in [0, 0.1) is 5.92 Å². The van der Waals surface area contributed by atoms with Crippen molar-refractivity contribution in [2.75, 3.05) is 0 Å². The predicted octanol–water partition coefficient (Wildman–Crippen LogP) is 4.58. The van der Waals surface area contributed by atoms with Crippen LogP contribution in [0.1, 0.15) is 46.1 Å². The molecule has 1 N–H and O–H groups in total. The fraction of sp³-hybridized carbons (Fsp3) is 0.556. The molecule has 0 aliphatic carbocycles. The van der Waals surface area contributed by atoms with Crippen molar-refractivity contribution in [1.29, 1.82) is 0 Å². The van der Waals surface area contributed by atoms with Crippen LogP contribution in [0.15, 0.2) is 30.5 Å². The molecule has 0 spiro atoms. The number of benzene rings is 1. The molecule has 2 rings (SSSR count). The Morgan fingerprint density at radius 2 is 1.85 bits per heavy atom. The van der Waals surface area contributed by atoms with Gasteiger partial charge < -0.3 is 9.88 Å². The molecule has 0 aliphatic rings. The lowest BCUT2D eigenvalue weighted by molar-refractivity contribution is 0.425. The first-order valence-electron chi connectivity index (χ1n) is 7.95. The summed E-state index contributed by atoms with van der Waals surface area (Å²) >= 11 is 0. The Bertz CT molecular complexity index is 535. The third kappa shape index (κ3) is 3.63. The van der Waals surface area contributed by atoms with E-state index >= 15 is 0 Å². The van der Waals surface area contributed by atoms with Crippen molar-refractivity contribution in [2.24, 2.45) is 5.92 Å². The van der Waals surface area contributed by atoms with Gasteiger partial charge in [0.15, 0.2) is 0 Å². The highest BCUT2D eigenvalue weighted by molar-refractivity contribution is 5.80. The third-order valence-corrected chi connectivity index (χ3v) is 4.16. The summed E-state index contributed by atoms with van der Waals surface area (Å²) in [6.45, 7) is 11.0. The summed E-state index contributed by atoms with van der Waals surface area (Å²) in [5, 5.41) is 4.84. The molecular weight excluding hydrogens is 244 g/mol. The van der Waals surface area contributed by atoms with Gasteiger partial charge in [-0.2, -0.15) is 0 Å². The van der Waals surface area contributed by atoms with Crippen molar-refractivity contribution >= 4 is 10.9 Å². The number of nitrogens with one attached hydrogen (secondary N) is 1. The molecule has 1 aromatic carbocycles. The number of aromatic nitrogens is 1. The van der Waals surface area contributed by atoms with Gasteiger partial charge in [0.25, 0.3) is 0 Å². The first-order valence-corrected chi connectivity index (χ1v) is 7.95. The smallest absolute Gasteiger partial charge is 0.0480 e. The van der Waals surface area contributed by atoms with Crippen molar-refractivity contribution < 1.29 is 0 Å². The molecule has 2 aromatic rings. The molecule has 0 aliphatic heterocycles. The zero-order chi connectivity index (χ0) is 14.5. The van der Waals surface area contributed by atoms with Gasteiger partial charge in [0.1, 0.15) is 0 Å². The van der Waals surface area contributed by atoms with Crippen LogP contribution in [0.3, 0.4) is 0 Å². The van der Waals surface area contributed by atoms with E-state index in [0.29, 0.717) is 6.04 Å². The van der Waals surface area contributed by atoms with Crippen LogP contribution in [0.4, 0.5) is 0 Å². The molecule has 2 heteroatoms. The van der Waals surface area contributed by atoms with Crippen molar-refractivity contribution in [3.05, 3.63) is 36.0 Å². The fourth-order valence-electron chi connectivity index (χ4n) is 2.67. The van der Waals surface area contributed by atoms with Gasteiger partial charge in [-0.05, 0) is 35.1 Å². The summed E-state index contributed by atoms with van der Waals surface area (Å²) in [7, 11) is 0. The number of hydrogen-bond donors (Lipinski definition) is 1. The minimum Gasteiger partial charge on any atom is -0.347 e. The van der Waals surface area contributed by atoms with E-state index in [1.54, 1.807) is 0 Å². The van der Waals surface area contributed by atoms with E-state index < -0.39 is 0 Å². The molecule has 0 amide bonds. The minimum atomic E-state index is 0.533. The van der Waals surface area contributed by atoms with E-state index in [0.717, 1.165) is 19.0 Å². The maximum absolute atomic E-state index is 3.48. The molecule has 0 radical (unpaired) electrons. The van der Waals surface area contributed by atoms with Crippen molar-refractivity contribution in [1.82, 2.24) is 9.88 Å². The summed E-state index contributed by atoms with van der Waals surface area (Å²) in [6.07, 6.45) is 4.75. The maximum atomic E-state index is 3.48. The molecule has 0 atom stereocenters. The second-order valence-corrected chi connectivity index (χ2v) is 6.08. The standard InChI is InChI=1S/C18H28N2/c1-5-15(6-2)13-20-10-9-17-11-16(7-8-18(17)20)12-19-14(3)4/h7-11,14-15,19H,5-6,12-13H2,1-4H3. The maximum Gasteiger partial charge on any atom is 0.0480 e. The lowest BCUT2D eigenvalue weighted by Gasteiger charge is -2.14. The Morgan fingerprint density at radius 3 is 2.50 bits per heavy atom. The highest BCUT2D eigenvalue weighted by atomic mass is 15.0. The monoisotopic (exact) mass is 272 g/mol. The average Bonchev–Trinajstić information content (AvgIpc) is 2.84. The molecule has 110 valence electrons. The van der Waals surface area contributed by atoms with Crippen molar-refractivity contribution in [2.45, 2.75) is 59.7 Å². The second kappa shape index (κ2) is 6.94. The minimum absolute atomic E-state index is 0.533. The fourth-order valence-corrected chi connectivity index (χ4v) is 2.67. The molecule has 0 unspecified atom stereocenters. The number of rotatable bonds is 7.